The van der Waals surface area contributed by atoms with Crippen LogP contribution in [0.1, 0.15) is 31.9 Å². The van der Waals surface area contributed by atoms with Crippen LogP contribution in [-0.4, -0.2) is 6.54 Å². The van der Waals surface area contributed by atoms with Crippen LogP contribution in [-0.2, 0) is 0 Å². The van der Waals surface area contributed by atoms with E-state index in [1.54, 1.807) is 0 Å². The lowest BCUT2D eigenvalue weighted by atomic mass is 10.0. The second kappa shape index (κ2) is 6.50. The molecular formula is C13H16ClN. The van der Waals surface area contributed by atoms with Gasteiger partial charge >= 0.3 is 0 Å². The molecule has 1 aromatic rings. The number of rotatable bonds is 4. The summed E-state index contributed by atoms with van der Waals surface area (Å²) >= 11 is 5.85. The van der Waals surface area contributed by atoms with E-state index in [0.29, 0.717) is 6.04 Å². The molecule has 15 heavy (non-hydrogen) atoms. The molecule has 0 aliphatic rings. The molecule has 0 saturated heterocycles. The maximum Gasteiger partial charge on any atom is 0.0430 e. The minimum Gasteiger partial charge on any atom is -0.309 e. The second-order valence-electron chi connectivity index (χ2n) is 3.29. The highest BCUT2D eigenvalue weighted by atomic mass is 35.5. The zero-order valence-electron chi connectivity index (χ0n) is 9.18. The molecule has 0 aromatic heterocycles. The van der Waals surface area contributed by atoms with E-state index in [2.05, 4.69) is 24.1 Å². The first-order valence-electron chi connectivity index (χ1n) is 5.16. The van der Waals surface area contributed by atoms with Gasteiger partial charge in [0.05, 0.1) is 0 Å². The average Bonchev–Trinajstić information content (AvgIpc) is 2.25. The Balaban J connectivity index is 2.76. The van der Waals surface area contributed by atoms with E-state index >= 15 is 0 Å². The maximum atomic E-state index is 5.85. The molecule has 1 aromatic carbocycles. The first-order chi connectivity index (χ1) is 7.27. The van der Waals surface area contributed by atoms with Crippen LogP contribution < -0.4 is 5.32 Å². The Bertz CT molecular complexity index is 345. The summed E-state index contributed by atoms with van der Waals surface area (Å²) in [4.78, 5) is 0. The lowest BCUT2D eigenvalue weighted by molar-refractivity contribution is 0.565. The zero-order chi connectivity index (χ0) is 11.1. The van der Waals surface area contributed by atoms with E-state index in [1.807, 2.05) is 31.2 Å². The van der Waals surface area contributed by atoms with E-state index < -0.39 is 0 Å². The van der Waals surface area contributed by atoms with Gasteiger partial charge in [-0.25, -0.2) is 0 Å². The van der Waals surface area contributed by atoms with Crippen LogP contribution in [0.2, 0.25) is 5.02 Å². The van der Waals surface area contributed by atoms with E-state index in [4.69, 9.17) is 11.6 Å². The van der Waals surface area contributed by atoms with Crippen molar-refractivity contribution in [3.05, 3.63) is 34.9 Å². The molecule has 1 rings (SSSR count). The summed E-state index contributed by atoms with van der Waals surface area (Å²) in [5.74, 6) is 6.02. The van der Waals surface area contributed by atoms with Crippen molar-refractivity contribution < 1.29 is 0 Å². The quantitative estimate of drug-likeness (QED) is 0.769. The summed E-state index contributed by atoms with van der Waals surface area (Å²) in [5.41, 5.74) is 1.24. The van der Waals surface area contributed by atoms with E-state index in [9.17, 15) is 0 Å². The van der Waals surface area contributed by atoms with Gasteiger partial charge < -0.3 is 5.32 Å². The first-order valence-corrected chi connectivity index (χ1v) is 5.54. The van der Waals surface area contributed by atoms with E-state index in [1.165, 1.54) is 5.56 Å². The van der Waals surface area contributed by atoms with Crippen molar-refractivity contribution in [2.45, 2.75) is 26.3 Å². The van der Waals surface area contributed by atoms with E-state index in [-0.39, 0.29) is 0 Å². The highest BCUT2D eigenvalue weighted by Gasteiger charge is 2.07. The summed E-state index contributed by atoms with van der Waals surface area (Å²) < 4.78 is 0. The van der Waals surface area contributed by atoms with Crippen LogP contribution in [0.25, 0.3) is 0 Å². The molecule has 0 spiro atoms. The van der Waals surface area contributed by atoms with Gasteiger partial charge in [0.15, 0.2) is 0 Å². The largest absolute Gasteiger partial charge is 0.309 e. The molecule has 2 heteroatoms. The predicted molar refractivity (Wildman–Crippen MR) is 65.9 cm³/mol. The smallest absolute Gasteiger partial charge is 0.0430 e. The molecule has 0 radical (unpaired) electrons. The van der Waals surface area contributed by atoms with Crippen LogP contribution in [0.4, 0.5) is 0 Å². The van der Waals surface area contributed by atoms with Gasteiger partial charge in [0, 0.05) is 17.5 Å². The summed E-state index contributed by atoms with van der Waals surface area (Å²) in [6.07, 6.45) is 0.839. The third-order valence-corrected chi connectivity index (χ3v) is 2.46. The highest BCUT2D eigenvalue weighted by molar-refractivity contribution is 6.30. The van der Waals surface area contributed by atoms with Gasteiger partial charge in [0.25, 0.3) is 0 Å². The van der Waals surface area contributed by atoms with Crippen molar-refractivity contribution in [3.8, 4) is 11.8 Å². The van der Waals surface area contributed by atoms with Crippen molar-refractivity contribution in [2.24, 2.45) is 0 Å². The van der Waals surface area contributed by atoms with Crippen molar-refractivity contribution >= 4 is 11.6 Å². The van der Waals surface area contributed by atoms with Crippen LogP contribution in [0.5, 0.6) is 0 Å². The Morgan fingerprint density at radius 3 is 2.53 bits per heavy atom. The number of hydrogen-bond acceptors (Lipinski definition) is 1. The van der Waals surface area contributed by atoms with E-state index in [0.717, 1.165) is 18.0 Å². The molecule has 0 amide bonds. The molecule has 0 fully saturated rings. The van der Waals surface area contributed by atoms with Crippen LogP contribution in [0.15, 0.2) is 24.3 Å². The molecular weight excluding hydrogens is 206 g/mol. The fourth-order valence-corrected chi connectivity index (χ4v) is 1.58. The SMILES string of the molecule is CC#CCC(NCC)c1ccc(Cl)cc1. The summed E-state index contributed by atoms with van der Waals surface area (Å²) in [7, 11) is 0. The minimum atomic E-state index is 0.305. The Morgan fingerprint density at radius 2 is 2.00 bits per heavy atom. The first kappa shape index (κ1) is 12.1. The maximum absolute atomic E-state index is 5.85. The monoisotopic (exact) mass is 221 g/mol. The predicted octanol–water partition coefficient (Wildman–Crippen LogP) is 3.40. The highest BCUT2D eigenvalue weighted by Crippen LogP contribution is 2.18. The number of hydrogen-bond donors (Lipinski definition) is 1. The van der Waals surface area contributed by atoms with Crippen LogP contribution >= 0.6 is 11.6 Å². The molecule has 1 unspecified atom stereocenters. The van der Waals surface area contributed by atoms with Crippen molar-refractivity contribution in [2.75, 3.05) is 6.54 Å². The second-order valence-corrected chi connectivity index (χ2v) is 3.73. The third kappa shape index (κ3) is 3.95. The molecule has 0 aliphatic heterocycles. The minimum absolute atomic E-state index is 0.305. The van der Waals surface area contributed by atoms with Gasteiger partial charge in [-0.15, -0.1) is 11.8 Å². The summed E-state index contributed by atoms with van der Waals surface area (Å²) in [6, 6.07) is 8.24. The normalized spacial score (nSPS) is 11.7. The number of nitrogens with one attached hydrogen (secondary N) is 1. The Hall–Kier alpha value is -0.970. The van der Waals surface area contributed by atoms with Gasteiger partial charge in [-0.05, 0) is 31.2 Å². The molecule has 1 N–H and O–H groups in total. The molecule has 0 saturated carbocycles. The van der Waals surface area contributed by atoms with Crippen molar-refractivity contribution in [1.29, 1.82) is 0 Å². The van der Waals surface area contributed by atoms with Gasteiger partial charge in [0.2, 0.25) is 0 Å². The topological polar surface area (TPSA) is 12.0 Å². The molecule has 0 aliphatic carbocycles. The molecule has 80 valence electrons. The van der Waals surface area contributed by atoms with Gasteiger partial charge in [-0.2, -0.15) is 0 Å². The average molecular weight is 222 g/mol. The summed E-state index contributed by atoms with van der Waals surface area (Å²) in [5, 5.41) is 4.18. The number of benzene rings is 1. The molecule has 1 atom stereocenters. The molecule has 0 heterocycles. The Labute approximate surface area is 96.8 Å². The third-order valence-electron chi connectivity index (χ3n) is 2.21. The molecule has 0 bridgehead atoms. The lowest BCUT2D eigenvalue weighted by Crippen LogP contribution is -2.20. The Kier molecular flexibility index (Phi) is 5.25. The fraction of sp³-hybridized carbons (Fsp3) is 0.385. The zero-order valence-corrected chi connectivity index (χ0v) is 9.93. The van der Waals surface area contributed by atoms with Gasteiger partial charge in [-0.3, -0.25) is 0 Å². The van der Waals surface area contributed by atoms with Crippen molar-refractivity contribution in [3.63, 3.8) is 0 Å². The van der Waals surface area contributed by atoms with Crippen LogP contribution in [0.3, 0.4) is 0 Å². The fourth-order valence-electron chi connectivity index (χ4n) is 1.45. The summed E-state index contributed by atoms with van der Waals surface area (Å²) in [6.45, 7) is 4.91. The standard InChI is InChI=1S/C13H16ClN/c1-3-5-6-13(15-4-2)11-7-9-12(14)10-8-11/h7-10,13,15H,4,6H2,1-2H3. The number of halogens is 1. The lowest BCUT2D eigenvalue weighted by Gasteiger charge is -2.15. The van der Waals surface area contributed by atoms with Gasteiger partial charge in [0.1, 0.15) is 0 Å². The van der Waals surface area contributed by atoms with Crippen LogP contribution in [0, 0.1) is 11.8 Å². The Morgan fingerprint density at radius 1 is 1.33 bits per heavy atom. The van der Waals surface area contributed by atoms with Gasteiger partial charge in [-0.1, -0.05) is 30.7 Å². The van der Waals surface area contributed by atoms with Crippen molar-refractivity contribution in [1.82, 2.24) is 5.32 Å². The molecule has 1 nitrogen and oxygen atoms in total.